The number of aromatic nitrogens is 1. The standard InChI is InChI=1S/C25H30N4O/c1-2-27-11-13-29(14-12-27)25-23-6-4-3-5-21(23)19-24(26-25)20-7-9-22(10-8-20)28-15-17-30-18-16-28/h3-10,19H,2,11-18H2,1H3. The number of morpholine rings is 1. The van der Waals surface area contributed by atoms with E-state index in [1.165, 1.54) is 22.0 Å². The van der Waals surface area contributed by atoms with Crippen LogP contribution in [0, 0.1) is 0 Å². The van der Waals surface area contributed by atoms with E-state index in [1.807, 2.05) is 0 Å². The molecule has 0 bridgehead atoms. The number of nitrogens with zero attached hydrogens (tertiary/aromatic N) is 4. The van der Waals surface area contributed by atoms with Crippen molar-refractivity contribution in [1.82, 2.24) is 9.88 Å². The summed E-state index contributed by atoms with van der Waals surface area (Å²) in [5.74, 6) is 1.12. The predicted octanol–water partition coefficient (Wildman–Crippen LogP) is 3.88. The SMILES string of the molecule is CCN1CCN(c2nc(-c3ccc(N4CCOCC4)cc3)cc3ccccc23)CC1. The highest BCUT2D eigenvalue weighted by Crippen LogP contribution is 2.31. The first-order chi connectivity index (χ1) is 14.8. The molecule has 3 aromatic rings. The number of benzene rings is 2. The van der Waals surface area contributed by atoms with Crippen molar-refractivity contribution in [3.05, 3.63) is 54.6 Å². The van der Waals surface area contributed by atoms with Crippen molar-refractivity contribution in [2.75, 3.05) is 68.8 Å². The molecule has 2 fully saturated rings. The molecule has 2 saturated heterocycles. The third-order valence-corrected chi connectivity index (χ3v) is 6.38. The van der Waals surface area contributed by atoms with Crippen LogP contribution in [0.5, 0.6) is 0 Å². The minimum absolute atomic E-state index is 0.808. The molecule has 0 saturated carbocycles. The topological polar surface area (TPSA) is 31.8 Å². The highest BCUT2D eigenvalue weighted by molar-refractivity contribution is 5.95. The summed E-state index contributed by atoms with van der Waals surface area (Å²) in [5, 5.41) is 2.50. The second-order valence-corrected chi connectivity index (χ2v) is 8.12. The third kappa shape index (κ3) is 3.87. The van der Waals surface area contributed by atoms with Gasteiger partial charge in [-0.25, -0.2) is 4.98 Å². The molecule has 0 aliphatic carbocycles. The highest BCUT2D eigenvalue weighted by atomic mass is 16.5. The van der Waals surface area contributed by atoms with Gasteiger partial charge in [-0.15, -0.1) is 0 Å². The van der Waals surface area contributed by atoms with Crippen molar-refractivity contribution < 1.29 is 4.74 Å². The molecule has 156 valence electrons. The Bertz CT molecular complexity index is 990. The van der Waals surface area contributed by atoms with E-state index in [0.29, 0.717) is 0 Å². The van der Waals surface area contributed by atoms with Gasteiger partial charge in [-0.1, -0.05) is 43.3 Å². The zero-order valence-corrected chi connectivity index (χ0v) is 17.8. The Balaban J connectivity index is 1.47. The number of pyridine rings is 1. The van der Waals surface area contributed by atoms with Crippen LogP contribution in [0.1, 0.15) is 6.92 Å². The van der Waals surface area contributed by atoms with Gasteiger partial charge in [0.1, 0.15) is 5.82 Å². The lowest BCUT2D eigenvalue weighted by Gasteiger charge is -2.35. The zero-order chi connectivity index (χ0) is 20.3. The number of fused-ring (bicyclic) bond motifs is 1. The summed E-state index contributed by atoms with van der Waals surface area (Å²) in [6.45, 7) is 11.2. The summed E-state index contributed by atoms with van der Waals surface area (Å²) in [6, 6.07) is 19.7. The maximum Gasteiger partial charge on any atom is 0.137 e. The normalized spacial score (nSPS) is 18.2. The van der Waals surface area contributed by atoms with E-state index in [1.54, 1.807) is 0 Å². The first-order valence-corrected chi connectivity index (χ1v) is 11.1. The average Bonchev–Trinajstić information content (AvgIpc) is 2.84. The fraction of sp³-hybridized carbons (Fsp3) is 0.400. The molecular weight excluding hydrogens is 372 g/mol. The Labute approximate surface area is 178 Å². The van der Waals surface area contributed by atoms with E-state index in [4.69, 9.17) is 9.72 Å². The molecule has 2 aliphatic heterocycles. The van der Waals surface area contributed by atoms with Crippen LogP contribution in [0.2, 0.25) is 0 Å². The van der Waals surface area contributed by atoms with Gasteiger partial charge in [-0.3, -0.25) is 0 Å². The molecule has 0 unspecified atom stereocenters. The van der Waals surface area contributed by atoms with Gasteiger partial charge in [-0.2, -0.15) is 0 Å². The number of hydrogen-bond donors (Lipinski definition) is 0. The van der Waals surface area contributed by atoms with Crippen molar-refractivity contribution in [2.24, 2.45) is 0 Å². The number of likely N-dealkylation sites (N-methyl/N-ethyl adjacent to an activating group) is 1. The van der Waals surface area contributed by atoms with Crippen molar-refractivity contribution in [1.29, 1.82) is 0 Å². The molecule has 3 heterocycles. The molecule has 0 spiro atoms. The van der Waals surface area contributed by atoms with Crippen molar-refractivity contribution in [2.45, 2.75) is 6.92 Å². The molecule has 30 heavy (non-hydrogen) atoms. The molecule has 0 N–H and O–H groups in total. The lowest BCUT2D eigenvalue weighted by atomic mass is 10.1. The largest absolute Gasteiger partial charge is 0.378 e. The van der Waals surface area contributed by atoms with E-state index in [2.05, 4.69) is 76.2 Å². The van der Waals surface area contributed by atoms with Crippen LogP contribution in [-0.4, -0.2) is 68.9 Å². The second kappa shape index (κ2) is 8.62. The summed E-state index contributed by atoms with van der Waals surface area (Å²) < 4.78 is 5.48. The first-order valence-electron chi connectivity index (χ1n) is 11.1. The van der Waals surface area contributed by atoms with E-state index in [-0.39, 0.29) is 0 Å². The fourth-order valence-electron chi connectivity index (χ4n) is 4.51. The van der Waals surface area contributed by atoms with Gasteiger partial charge in [0.15, 0.2) is 0 Å². The molecule has 0 atom stereocenters. The number of hydrogen-bond acceptors (Lipinski definition) is 5. The molecule has 5 heteroatoms. The molecule has 0 radical (unpaired) electrons. The summed E-state index contributed by atoms with van der Waals surface area (Å²) >= 11 is 0. The van der Waals surface area contributed by atoms with E-state index in [0.717, 1.165) is 70.5 Å². The average molecular weight is 403 g/mol. The minimum atomic E-state index is 0.808. The summed E-state index contributed by atoms with van der Waals surface area (Å²) in [6.07, 6.45) is 0. The van der Waals surface area contributed by atoms with E-state index >= 15 is 0 Å². The first kappa shape index (κ1) is 19.3. The Morgan fingerprint density at radius 3 is 2.30 bits per heavy atom. The quantitative estimate of drug-likeness (QED) is 0.661. The second-order valence-electron chi connectivity index (χ2n) is 8.12. The zero-order valence-electron chi connectivity index (χ0n) is 17.8. The van der Waals surface area contributed by atoms with Crippen molar-refractivity contribution in [3.8, 4) is 11.3 Å². The highest BCUT2D eigenvalue weighted by Gasteiger charge is 2.20. The minimum Gasteiger partial charge on any atom is -0.378 e. The van der Waals surface area contributed by atoms with Gasteiger partial charge >= 0.3 is 0 Å². The summed E-state index contributed by atoms with van der Waals surface area (Å²) in [7, 11) is 0. The van der Waals surface area contributed by atoms with Crippen molar-refractivity contribution >= 4 is 22.3 Å². The Kier molecular flexibility index (Phi) is 5.56. The van der Waals surface area contributed by atoms with Crippen LogP contribution in [0.25, 0.3) is 22.0 Å². The number of ether oxygens (including phenoxy) is 1. The van der Waals surface area contributed by atoms with Crippen LogP contribution in [0.3, 0.4) is 0 Å². The van der Waals surface area contributed by atoms with Gasteiger partial charge in [0.25, 0.3) is 0 Å². The molecule has 2 aromatic carbocycles. The van der Waals surface area contributed by atoms with Gasteiger partial charge in [0.2, 0.25) is 0 Å². The fourth-order valence-corrected chi connectivity index (χ4v) is 4.51. The number of rotatable bonds is 4. The van der Waals surface area contributed by atoms with E-state index < -0.39 is 0 Å². The van der Waals surface area contributed by atoms with Crippen molar-refractivity contribution in [3.63, 3.8) is 0 Å². The predicted molar refractivity (Wildman–Crippen MR) is 125 cm³/mol. The van der Waals surface area contributed by atoms with E-state index in [9.17, 15) is 0 Å². The van der Waals surface area contributed by atoms with Gasteiger partial charge in [-0.05, 0) is 30.1 Å². The Morgan fingerprint density at radius 1 is 0.833 bits per heavy atom. The molecule has 5 rings (SSSR count). The molecule has 5 nitrogen and oxygen atoms in total. The van der Waals surface area contributed by atoms with Gasteiger partial charge in [0.05, 0.1) is 18.9 Å². The van der Waals surface area contributed by atoms with Crippen LogP contribution >= 0.6 is 0 Å². The van der Waals surface area contributed by atoms with Crippen LogP contribution in [0.4, 0.5) is 11.5 Å². The molecule has 0 amide bonds. The number of anilines is 2. The third-order valence-electron chi connectivity index (χ3n) is 6.38. The van der Waals surface area contributed by atoms with Gasteiger partial charge in [0, 0.05) is 55.9 Å². The van der Waals surface area contributed by atoms with Crippen LogP contribution in [0.15, 0.2) is 54.6 Å². The smallest absolute Gasteiger partial charge is 0.137 e. The molecule has 1 aromatic heterocycles. The van der Waals surface area contributed by atoms with Crippen LogP contribution < -0.4 is 9.80 Å². The maximum atomic E-state index is 5.48. The Hall–Kier alpha value is -2.63. The number of piperazine rings is 1. The monoisotopic (exact) mass is 402 g/mol. The molecular formula is C25H30N4O. The summed E-state index contributed by atoms with van der Waals surface area (Å²) in [4.78, 5) is 12.5. The summed E-state index contributed by atoms with van der Waals surface area (Å²) in [5.41, 5.74) is 3.49. The van der Waals surface area contributed by atoms with Gasteiger partial charge < -0.3 is 19.4 Å². The maximum absolute atomic E-state index is 5.48. The van der Waals surface area contributed by atoms with Crippen LogP contribution in [-0.2, 0) is 4.74 Å². The Morgan fingerprint density at radius 2 is 1.57 bits per heavy atom. The lowest BCUT2D eigenvalue weighted by molar-refractivity contribution is 0.122. The molecule has 2 aliphatic rings. The lowest BCUT2D eigenvalue weighted by Crippen LogP contribution is -2.46.